The number of benzene rings is 1. The minimum absolute atomic E-state index is 0. The summed E-state index contributed by atoms with van der Waals surface area (Å²) in [4.78, 5) is 9.71. The third-order valence-corrected chi connectivity index (χ3v) is 3.39. The Morgan fingerprint density at radius 1 is 1.26 bits per heavy atom. The second-order valence-electron chi connectivity index (χ2n) is 5.38. The van der Waals surface area contributed by atoms with Crippen LogP contribution in [0.4, 0.5) is 0 Å². The number of tetrazole rings is 1. The number of ether oxygens (including phenoxy) is 1. The van der Waals surface area contributed by atoms with Crippen LogP contribution < -0.4 is 20.3 Å². The van der Waals surface area contributed by atoms with Gasteiger partial charge in [0.25, 0.3) is 0 Å². The van der Waals surface area contributed by atoms with Crippen LogP contribution in [0.15, 0.2) is 47.6 Å². The van der Waals surface area contributed by atoms with E-state index in [-0.39, 0.29) is 22.5 Å². The molecule has 13 heteroatoms. The van der Waals surface area contributed by atoms with Crippen molar-refractivity contribution in [1.82, 2.24) is 30.9 Å². The van der Waals surface area contributed by atoms with Gasteiger partial charge in [-0.05, 0) is 43.8 Å². The number of nitrogens with zero attached hydrogens (tertiary/aromatic N) is 9. The van der Waals surface area contributed by atoms with Crippen LogP contribution >= 0.6 is 0 Å². The Kier molecular flexibility index (Phi) is 15.4. The predicted octanol–water partition coefficient (Wildman–Crippen LogP) is 1.55. The fraction of sp³-hybridized carbons (Fsp3) is 0.278. The fourth-order valence-corrected chi connectivity index (χ4v) is 2.05. The van der Waals surface area contributed by atoms with Crippen molar-refractivity contribution in [3.63, 3.8) is 0 Å². The molecule has 0 fully saturated rings. The number of para-hydroxylation sites is 1. The quantitative estimate of drug-likeness (QED) is 0.178. The number of aliphatic imine (C=N–C) groups is 1. The van der Waals surface area contributed by atoms with E-state index < -0.39 is 0 Å². The van der Waals surface area contributed by atoms with Crippen molar-refractivity contribution in [2.24, 2.45) is 4.99 Å². The molecule has 0 unspecified atom stereocenters. The number of pyridine rings is 1. The van der Waals surface area contributed by atoms with Gasteiger partial charge in [-0.15, -0.1) is 0 Å². The number of rotatable bonds is 7. The molecule has 3 aromatic rings. The van der Waals surface area contributed by atoms with E-state index in [2.05, 4.69) is 35.9 Å². The van der Waals surface area contributed by atoms with E-state index in [1.807, 2.05) is 19.2 Å². The fourth-order valence-electron chi connectivity index (χ4n) is 2.05. The van der Waals surface area contributed by atoms with Crippen LogP contribution in [-0.4, -0.2) is 54.0 Å². The van der Waals surface area contributed by atoms with Crippen molar-refractivity contribution in [3.05, 3.63) is 64.1 Å². The SMILES string of the molecule is CNCCCN=Cc1cccc(OC)c1[O-].[Co+3].[N-]=[N+]=[N-].c1ccc(-c2nnn[n-]2)nc1. The Morgan fingerprint density at radius 3 is 2.61 bits per heavy atom. The van der Waals surface area contributed by atoms with Gasteiger partial charge in [0, 0.05) is 19.0 Å². The van der Waals surface area contributed by atoms with Gasteiger partial charge in [-0.3, -0.25) is 25.2 Å². The molecule has 0 aliphatic heterocycles. The summed E-state index contributed by atoms with van der Waals surface area (Å²) in [5.41, 5.74) is 14.8. The van der Waals surface area contributed by atoms with Crippen LogP contribution in [0.1, 0.15) is 12.0 Å². The largest absolute Gasteiger partial charge is 3.00 e. The Hall–Kier alpha value is -3.51. The minimum Gasteiger partial charge on any atom is -0.870 e. The van der Waals surface area contributed by atoms with Crippen molar-refractivity contribution in [2.75, 3.05) is 27.2 Å². The summed E-state index contributed by atoms with van der Waals surface area (Å²) in [5, 5.41) is 28.7. The molecule has 0 aliphatic carbocycles. The topological polar surface area (TPSA) is 181 Å². The molecule has 164 valence electrons. The third-order valence-electron chi connectivity index (χ3n) is 3.39. The second-order valence-corrected chi connectivity index (χ2v) is 5.38. The molecule has 0 atom stereocenters. The zero-order chi connectivity index (χ0) is 22.0. The van der Waals surface area contributed by atoms with Crippen LogP contribution in [-0.2, 0) is 16.8 Å². The van der Waals surface area contributed by atoms with Crippen molar-refractivity contribution < 1.29 is 26.6 Å². The Bertz CT molecular complexity index is 901. The third kappa shape index (κ3) is 10.7. The predicted molar refractivity (Wildman–Crippen MR) is 110 cm³/mol. The molecular weight excluding hydrogens is 447 g/mol. The van der Waals surface area contributed by atoms with Crippen LogP contribution in [0.2, 0.25) is 0 Å². The standard InChI is InChI=1S/C12H18N2O2.C6H4N5.Co.N3/c1-13-7-4-8-14-9-10-5-3-6-11(16-2)12(10)15;1-2-4-7-5(3-1)6-8-10-11-9-6;;1-3-2/h3,5-6,9,13,15H,4,7-8H2,1-2H3;1-4H;;/q;-1;+3;-1/p-1. The van der Waals surface area contributed by atoms with E-state index in [1.165, 1.54) is 12.0 Å². The molecule has 0 spiro atoms. The van der Waals surface area contributed by atoms with Crippen molar-refractivity contribution in [2.45, 2.75) is 6.42 Å². The van der Waals surface area contributed by atoms with Gasteiger partial charge in [0.1, 0.15) is 5.75 Å². The summed E-state index contributed by atoms with van der Waals surface area (Å²) < 4.78 is 4.95. The number of hydrogen-bond donors (Lipinski definition) is 1. The molecule has 31 heavy (non-hydrogen) atoms. The first-order valence-corrected chi connectivity index (χ1v) is 8.74. The van der Waals surface area contributed by atoms with Gasteiger partial charge in [-0.2, -0.15) is 5.21 Å². The summed E-state index contributed by atoms with van der Waals surface area (Å²) in [6.45, 7) is 1.65. The summed E-state index contributed by atoms with van der Waals surface area (Å²) in [5.74, 6) is 0.715. The van der Waals surface area contributed by atoms with Gasteiger partial charge in [-0.25, -0.2) is 0 Å². The first kappa shape index (κ1) is 27.5. The number of nitrogens with one attached hydrogen (secondary N) is 1. The minimum atomic E-state index is -0.109. The normalized spacial score (nSPS) is 9.35. The average molecular weight is 468 g/mol. The summed E-state index contributed by atoms with van der Waals surface area (Å²) in [7, 11) is 3.39. The maximum Gasteiger partial charge on any atom is 3.00 e. The van der Waals surface area contributed by atoms with Crippen molar-refractivity contribution in [3.8, 4) is 23.0 Å². The summed E-state index contributed by atoms with van der Waals surface area (Å²) in [6, 6.07) is 10.7. The molecule has 0 radical (unpaired) electrons. The van der Waals surface area contributed by atoms with Gasteiger partial charge < -0.3 is 31.3 Å². The van der Waals surface area contributed by atoms with Gasteiger partial charge in [0.15, 0.2) is 0 Å². The number of aromatic nitrogens is 5. The van der Waals surface area contributed by atoms with E-state index in [0.29, 0.717) is 22.8 Å². The molecule has 0 saturated heterocycles. The van der Waals surface area contributed by atoms with E-state index >= 15 is 0 Å². The summed E-state index contributed by atoms with van der Waals surface area (Å²) in [6.07, 6.45) is 4.25. The van der Waals surface area contributed by atoms with E-state index in [4.69, 9.17) is 15.8 Å². The van der Waals surface area contributed by atoms with Crippen molar-refractivity contribution in [1.29, 1.82) is 0 Å². The molecule has 2 heterocycles. The first-order valence-electron chi connectivity index (χ1n) is 8.74. The van der Waals surface area contributed by atoms with Gasteiger partial charge >= 0.3 is 16.8 Å². The molecule has 1 N–H and O–H groups in total. The molecule has 0 aliphatic rings. The molecular formula is C18H21CoN10O2. The van der Waals surface area contributed by atoms with Crippen LogP contribution in [0.5, 0.6) is 11.5 Å². The van der Waals surface area contributed by atoms with E-state index in [1.54, 1.807) is 36.7 Å². The molecule has 2 aromatic heterocycles. The van der Waals surface area contributed by atoms with Crippen LogP contribution in [0.3, 0.4) is 0 Å². The maximum absolute atomic E-state index is 11.7. The number of hydrogen-bond acceptors (Lipinski definition) is 8. The number of methoxy groups -OCH3 is 1. The Balaban J connectivity index is 0.000000521. The average Bonchev–Trinajstić information content (AvgIpc) is 3.31. The Labute approximate surface area is 189 Å². The zero-order valence-corrected chi connectivity index (χ0v) is 18.0. The molecule has 3 rings (SSSR count). The van der Waals surface area contributed by atoms with Gasteiger partial charge in [0.05, 0.1) is 18.6 Å². The molecule has 1 aromatic carbocycles. The monoisotopic (exact) mass is 468 g/mol. The van der Waals surface area contributed by atoms with E-state index in [0.717, 1.165) is 19.5 Å². The van der Waals surface area contributed by atoms with Gasteiger partial charge in [-0.1, -0.05) is 23.9 Å². The molecule has 12 nitrogen and oxygen atoms in total. The molecule has 0 bridgehead atoms. The molecule has 0 saturated carbocycles. The second kappa shape index (κ2) is 17.4. The van der Waals surface area contributed by atoms with Crippen molar-refractivity contribution >= 4 is 6.21 Å². The van der Waals surface area contributed by atoms with Gasteiger partial charge in [0.2, 0.25) is 0 Å². The van der Waals surface area contributed by atoms with Crippen LogP contribution in [0, 0.1) is 0 Å². The smallest absolute Gasteiger partial charge is 0.870 e. The molecule has 0 amide bonds. The Morgan fingerprint density at radius 2 is 2.03 bits per heavy atom. The first-order chi connectivity index (χ1) is 14.7. The summed E-state index contributed by atoms with van der Waals surface area (Å²) >= 11 is 0. The van der Waals surface area contributed by atoms with Crippen LogP contribution in [0.25, 0.3) is 27.5 Å². The zero-order valence-electron chi connectivity index (χ0n) is 16.9. The maximum atomic E-state index is 11.7. The van der Waals surface area contributed by atoms with E-state index in [9.17, 15) is 5.11 Å².